The molecule has 2 N–H and O–H groups in total. The Balaban J connectivity index is 2.87. The van der Waals surface area contributed by atoms with Crippen LogP contribution in [0.2, 0.25) is 0 Å². The van der Waals surface area contributed by atoms with Gasteiger partial charge in [-0.3, -0.25) is 14.4 Å². The number of hydrogen-bond donors (Lipinski definition) is 2. The molecule has 0 unspecified atom stereocenters. The Labute approximate surface area is 144 Å². The Bertz CT molecular complexity index is 491. The van der Waals surface area contributed by atoms with Crippen LogP contribution in [0.4, 0.5) is 0 Å². The number of nitrogens with zero attached hydrogens (tertiary/aromatic N) is 2. The summed E-state index contributed by atoms with van der Waals surface area (Å²) in [7, 11) is 0. The van der Waals surface area contributed by atoms with Gasteiger partial charge in [0, 0.05) is 17.6 Å². The molecule has 138 valence electrons. The summed E-state index contributed by atoms with van der Waals surface area (Å²) in [5.74, 6) is -1.46. The van der Waals surface area contributed by atoms with E-state index >= 15 is 0 Å². The second-order valence-electron chi connectivity index (χ2n) is 8.34. The van der Waals surface area contributed by atoms with Crippen LogP contribution in [0, 0.1) is 0 Å². The summed E-state index contributed by atoms with van der Waals surface area (Å²) in [5, 5.41) is 12.2. The maximum Gasteiger partial charge on any atom is 0.323 e. The molecule has 1 saturated heterocycles. The SMILES string of the molecule is CC(C)(C)NCC(=O)N1CCC[C@H]1C(=O)N(CC(=O)O)C(C)(C)C. The van der Waals surface area contributed by atoms with E-state index in [9.17, 15) is 14.4 Å². The van der Waals surface area contributed by atoms with Crippen LogP contribution in [0.3, 0.4) is 0 Å². The van der Waals surface area contributed by atoms with E-state index in [0.717, 1.165) is 6.42 Å². The Morgan fingerprint density at radius 3 is 2.21 bits per heavy atom. The number of aliphatic carboxylic acids is 1. The summed E-state index contributed by atoms with van der Waals surface area (Å²) < 4.78 is 0. The second kappa shape index (κ2) is 7.51. The van der Waals surface area contributed by atoms with Crippen LogP contribution in [0.25, 0.3) is 0 Å². The lowest BCUT2D eigenvalue weighted by molar-refractivity contribution is -0.152. The zero-order valence-electron chi connectivity index (χ0n) is 15.7. The summed E-state index contributed by atoms with van der Waals surface area (Å²) >= 11 is 0. The van der Waals surface area contributed by atoms with Gasteiger partial charge in [-0.05, 0) is 54.4 Å². The molecule has 0 aromatic heterocycles. The van der Waals surface area contributed by atoms with Crippen molar-refractivity contribution in [2.75, 3.05) is 19.6 Å². The molecular formula is C17H31N3O4. The van der Waals surface area contributed by atoms with Gasteiger partial charge >= 0.3 is 5.97 Å². The maximum atomic E-state index is 12.9. The Morgan fingerprint density at radius 2 is 1.75 bits per heavy atom. The lowest BCUT2D eigenvalue weighted by Gasteiger charge is -2.38. The molecule has 0 aliphatic carbocycles. The summed E-state index contributed by atoms with van der Waals surface area (Å²) in [6.07, 6.45) is 1.33. The highest BCUT2D eigenvalue weighted by molar-refractivity contribution is 5.91. The number of carboxylic acids is 1. The molecule has 0 saturated carbocycles. The molecule has 0 radical (unpaired) electrons. The number of likely N-dealkylation sites (tertiary alicyclic amines) is 1. The Kier molecular flexibility index (Phi) is 6.38. The highest BCUT2D eigenvalue weighted by Gasteiger charge is 2.40. The van der Waals surface area contributed by atoms with Gasteiger partial charge in [-0.1, -0.05) is 0 Å². The topological polar surface area (TPSA) is 90.0 Å². The van der Waals surface area contributed by atoms with Crippen molar-refractivity contribution in [2.45, 2.75) is 71.5 Å². The van der Waals surface area contributed by atoms with Crippen LogP contribution < -0.4 is 5.32 Å². The van der Waals surface area contributed by atoms with E-state index < -0.39 is 17.6 Å². The molecular weight excluding hydrogens is 310 g/mol. The molecule has 0 bridgehead atoms. The molecule has 1 heterocycles. The third kappa shape index (κ3) is 5.78. The summed E-state index contributed by atoms with van der Waals surface area (Å²) in [6.45, 7) is 11.7. The first-order valence-corrected chi connectivity index (χ1v) is 8.41. The molecule has 1 rings (SSSR count). The van der Waals surface area contributed by atoms with E-state index in [0.29, 0.717) is 13.0 Å². The predicted octanol–water partition coefficient (Wildman–Crippen LogP) is 1.08. The number of carbonyl (C=O) groups excluding carboxylic acids is 2. The van der Waals surface area contributed by atoms with E-state index in [-0.39, 0.29) is 30.4 Å². The fraction of sp³-hybridized carbons (Fsp3) is 0.824. The molecule has 7 heteroatoms. The number of rotatable bonds is 5. The van der Waals surface area contributed by atoms with Crippen LogP contribution in [-0.4, -0.2) is 69.4 Å². The van der Waals surface area contributed by atoms with E-state index in [1.54, 1.807) is 25.7 Å². The molecule has 7 nitrogen and oxygen atoms in total. The smallest absolute Gasteiger partial charge is 0.323 e. The van der Waals surface area contributed by atoms with Crippen molar-refractivity contribution in [3.05, 3.63) is 0 Å². The monoisotopic (exact) mass is 341 g/mol. The van der Waals surface area contributed by atoms with Gasteiger partial charge in [-0.2, -0.15) is 0 Å². The molecule has 24 heavy (non-hydrogen) atoms. The number of carboxylic acid groups (broad SMARTS) is 1. The molecule has 0 aromatic carbocycles. The van der Waals surface area contributed by atoms with Crippen molar-refractivity contribution >= 4 is 17.8 Å². The first kappa shape index (κ1) is 20.4. The zero-order chi connectivity index (χ0) is 18.7. The third-order valence-electron chi connectivity index (χ3n) is 4.00. The van der Waals surface area contributed by atoms with Gasteiger partial charge in [0.2, 0.25) is 11.8 Å². The van der Waals surface area contributed by atoms with Crippen LogP contribution in [0.5, 0.6) is 0 Å². The van der Waals surface area contributed by atoms with Crippen LogP contribution in [0.1, 0.15) is 54.4 Å². The molecule has 1 aliphatic rings. The van der Waals surface area contributed by atoms with Gasteiger partial charge < -0.3 is 20.2 Å². The quantitative estimate of drug-likeness (QED) is 0.781. The average molecular weight is 341 g/mol. The van der Waals surface area contributed by atoms with Crippen molar-refractivity contribution in [3.63, 3.8) is 0 Å². The molecule has 1 fully saturated rings. The Morgan fingerprint density at radius 1 is 1.17 bits per heavy atom. The number of hydrogen-bond acceptors (Lipinski definition) is 4. The highest BCUT2D eigenvalue weighted by atomic mass is 16.4. The van der Waals surface area contributed by atoms with E-state index in [1.807, 2.05) is 20.8 Å². The van der Waals surface area contributed by atoms with Crippen LogP contribution >= 0.6 is 0 Å². The zero-order valence-corrected chi connectivity index (χ0v) is 15.7. The van der Waals surface area contributed by atoms with Gasteiger partial charge in [0.15, 0.2) is 0 Å². The van der Waals surface area contributed by atoms with Crippen molar-refractivity contribution in [1.82, 2.24) is 15.1 Å². The van der Waals surface area contributed by atoms with Gasteiger partial charge in [0.25, 0.3) is 0 Å². The largest absolute Gasteiger partial charge is 0.480 e. The number of nitrogens with one attached hydrogen (secondary N) is 1. The van der Waals surface area contributed by atoms with Gasteiger partial charge in [0.05, 0.1) is 6.54 Å². The number of carbonyl (C=O) groups is 3. The van der Waals surface area contributed by atoms with E-state index in [1.165, 1.54) is 4.90 Å². The van der Waals surface area contributed by atoms with Crippen molar-refractivity contribution in [3.8, 4) is 0 Å². The normalized spacial score (nSPS) is 18.6. The fourth-order valence-electron chi connectivity index (χ4n) is 2.73. The minimum Gasteiger partial charge on any atom is -0.480 e. The molecule has 0 spiro atoms. The van der Waals surface area contributed by atoms with Crippen LogP contribution in [-0.2, 0) is 14.4 Å². The Hall–Kier alpha value is -1.63. The highest BCUT2D eigenvalue weighted by Crippen LogP contribution is 2.23. The standard InChI is InChI=1S/C17H31N3O4/c1-16(2,3)18-10-13(21)19-9-7-8-12(19)15(24)20(11-14(22)23)17(4,5)6/h12,18H,7-11H2,1-6H3,(H,22,23)/t12-/m0/s1. The number of amides is 2. The molecule has 1 atom stereocenters. The molecule has 2 amide bonds. The van der Waals surface area contributed by atoms with E-state index in [2.05, 4.69) is 5.32 Å². The van der Waals surface area contributed by atoms with Crippen molar-refractivity contribution in [1.29, 1.82) is 0 Å². The van der Waals surface area contributed by atoms with Gasteiger partial charge in [-0.25, -0.2) is 0 Å². The summed E-state index contributed by atoms with van der Waals surface area (Å²) in [5.41, 5.74) is -0.800. The molecule has 1 aliphatic heterocycles. The molecule has 0 aromatic rings. The second-order valence-corrected chi connectivity index (χ2v) is 8.34. The first-order valence-electron chi connectivity index (χ1n) is 8.41. The van der Waals surface area contributed by atoms with Crippen molar-refractivity contribution < 1.29 is 19.5 Å². The van der Waals surface area contributed by atoms with Gasteiger partial charge in [0.1, 0.15) is 12.6 Å². The fourth-order valence-corrected chi connectivity index (χ4v) is 2.73. The van der Waals surface area contributed by atoms with Gasteiger partial charge in [-0.15, -0.1) is 0 Å². The summed E-state index contributed by atoms with van der Waals surface area (Å²) in [4.78, 5) is 39.4. The minimum absolute atomic E-state index is 0.120. The predicted molar refractivity (Wildman–Crippen MR) is 91.6 cm³/mol. The van der Waals surface area contributed by atoms with Crippen molar-refractivity contribution in [2.24, 2.45) is 0 Å². The minimum atomic E-state index is -1.05. The lowest BCUT2D eigenvalue weighted by Crippen LogP contribution is -2.56. The lowest BCUT2D eigenvalue weighted by atomic mass is 10.0. The first-order chi connectivity index (χ1) is 10.8. The average Bonchev–Trinajstić information content (AvgIpc) is 2.88. The van der Waals surface area contributed by atoms with Crippen LogP contribution in [0.15, 0.2) is 0 Å². The van der Waals surface area contributed by atoms with E-state index in [4.69, 9.17) is 5.11 Å². The summed E-state index contributed by atoms with van der Waals surface area (Å²) in [6, 6.07) is -0.571. The maximum absolute atomic E-state index is 12.9. The third-order valence-corrected chi connectivity index (χ3v) is 4.00.